The van der Waals surface area contributed by atoms with Gasteiger partial charge in [0, 0.05) is 52.2 Å². The maximum atomic E-state index is 14.1. The van der Waals surface area contributed by atoms with Crippen LogP contribution in [0.5, 0.6) is 0 Å². The second-order valence-electron chi connectivity index (χ2n) is 11.2. The number of ether oxygens (including phenoxy) is 1. The molecular formula is C33H36N4O3. The average Bonchev–Trinajstić information content (AvgIpc) is 3.45. The second kappa shape index (κ2) is 10.8. The molecule has 2 atom stereocenters. The Morgan fingerprint density at radius 3 is 2.45 bits per heavy atom. The fraction of sp³-hybridized carbons (Fsp3) is 0.333. The number of rotatable bonds is 7. The zero-order valence-electron chi connectivity index (χ0n) is 23.3. The number of benzene rings is 3. The summed E-state index contributed by atoms with van der Waals surface area (Å²) in [4.78, 5) is 35.7. The minimum Gasteiger partial charge on any atom is -0.378 e. The molecule has 1 saturated heterocycles. The van der Waals surface area contributed by atoms with Crippen LogP contribution in [-0.4, -0.2) is 54.0 Å². The van der Waals surface area contributed by atoms with Gasteiger partial charge < -0.3 is 24.8 Å². The Bertz CT molecular complexity index is 1540. The third-order valence-electron chi connectivity index (χ3n) is 8.06. The van der Waals surface area contributed by atoms with Crippen LogP contribution in [0, 0.1) is 12.8 Å². The fourth-order valence-electron chi connectivity index (χ4n) is 6.20. The van der Waals surface area contributed by atoms with E-state index in [-0.39, 0.29) is 23.8 Å². The third-order valence-corrected chi connectivity index (χ3v) is 8.06. The van der Waals surface area contributed by atoms with E-state index in [0.717, 1.165) is 65.4 Å². The van der Waals surface area contributed by atoms with Crippen LogP contribution in [0.4, 0.5) is 11.4 Å². The smallest absolute Gasteiger partial charge is 0.255 e. The lowest BCUT2D eigenvalue weighted by Gasteiger charge is -2.34. The number of anilines is 2. The molecule has 7 nitrogen and oxygen atoms in total. The number of hydrogen-bond acceptors (Lipinski definition) is 4. The minimum atomic E-state index is -0.642. The van der Waals surface area contributed by atoms with Crippen molar-refractivity contribution in [2.75, 3.05) is 36.5 Å². The molecule has 40 heavy (non-hydrogen) atoms. The van der Waals surface area contributed by atoms with Crippen LogP contribution in [-0.2, 0) is 9.53 Å². The molecule has 3 aromatic carbocycles. The Balaban J connectivity index is 1.36. The molecule has 4 aromatic rings. The molecular weight excluding hydrogens is 500 g/mol. The van der Waals surface area contributed by atoms with Gasteiger partial charge in [-0.2, -0.15) is 0 Å². The molecule has 2 aliphatic heterocycles. The average molecular weight is 537 g/mol. The van der Waals surface area contributed by atoms with Crippen molar-refractivity contribution in [1.82, 2.24) is 9.88 Å². The number of aromatic amines is 1. The van der Waals surface area contributed by atoms with E-state index in [9.17, 15) is 9.59 Å². The molecule has 7 heteroatoms. The van der Waals surface area contributed by atoms with Crippen molar-refractivity contribution >= 4 is 34.1 Å². The monoisotopic (exact) mass is 536 g/mol. The first kappa shape index (κ1) is 26.1. The number of para-hydroxylation sites is 1. The quantitative estimate of drug-likeness (QED) is 0.308. The second-order valence-corrected chi connectivity index (χ2v) is 11.2. The van der Waals surface area contributed by atoms with Gasteiger partial charge in [0.05, 0.1) is 19.3 Å². The molecule has 2 aliphatic rings. The summed E-state index contributed by atoms with van der Waals surface area (Å²) in [5, 5.41) is 4.21. The summed E-state index contributed by atoms with van der Waals surface area (Å²) in [6.45, 7) is 9.39. The normalized spacial score (nSPS) is 17.9. The van der Waals surface area contributed by atoms with E-state index in [4.69, 9.17) is 4.74 Å². The number of carbonyl (C=O) groups excluding carboxylic acids is 2. The van der Waals surface area contributed by atoms with E-state index >= 15 is 0 Å². The molecule has 3 heterocycles. The van der Waals surface area contributed by atoms with Crippen molar-refractivity contribution in [2.45, 2.75) is 39.3 Å². The Morgan fingerprint density at radius 1 is 1.00 bits per heavy atom. The first-order valence-electron chi connectivity index (χ1n) is 14.1. The van der Waals surface area contributed by atoms with E-state index in [2.05, 4.69) is 41.2 Å². The Labute approximate surface area is 235 Å². The zero-order valence-corrected chi connectivity index (χ0v) is 23.3. The van der Waals surface area contributed by atoms with Gasteiger partial charge in [0.15, 0.2) is 0 Å². The zero-order chi connectivity index (χ0) is 27.8. The van der Waals surface area contributed by atoms with Crippen molar-refractivity contribution in [2.24, 2.45) is 5.92 Å². The Kier molecular flexibility index (Phi) is 7.07. The van der Waals surface area contributed by atoms with Gasteiger partial charge in [0.25, 0.3) is 5.91 Å². The van der Waals surface area contributed by atoms with Gasteiger partial charge in [-0.3, -0.25) is 9.59 Å². The van der Waals surface area contributed by atoms with Crippen LogP contribution in [0.25, 0.3) is 10.9 Å². The van der Waals surface area contributed by atoms with E-state index < -0.39 is 6.04 Å². The predicted octanol–water partition coefficient (Wildman–Crippen LogP) is 5.91. The largest absolute Gasteiger partial charge is 0.378 e. The van der Waals surface area contributed by atoms with E-state index in [1.54, 1.807) is 0 Å². The van der Waals surface area contributed by atoms with Gasteiger partial charge in [0.2, 0.25) is 5.91 Å². The molecule has 1 fully saturated rings. The lowest BCUT2D eigenvalue weighted by molar-refractivity contribution is -0.121. The Morgan fingerprint density at radius 2 is 1.70 bits per heavy atom. The first-order valence-corrected chi connectivity index (χ1v) is 14.1. The summed E-state index contributed by atoms with van der Waals surface area (Å²) in [6.07, 6.45) is 0.551. The summed E-state index contributed by atoms with van der Waals surface area (Å²) in [7, 11) is 0. The number of H-pyrrole nitrogens is 1. The first-order chi connectivity index (χ1) is 19.4. The van der Waals surface area contributed by atoms with Gasteiger partial charge >= 0.3 is 0 Å². The topological polar surface area (TPSA) is 77.7 Å². The highest BCUT2D eigenvalue weighted by Crippen LogP contribution is 2.44. The highest BCUT2D eigenvalue weighted by atomic mass is 16.5. The highest BCUT2D eigenvalue weighted by Gasteiger charge is 2.45. The molecule has 0 bridgehead atoms. The van der Waals surface area contributed by atoms with Crippen molar-refractivity contribution < 1.29 is 14.3 Å². The lowest BCUT2D eigenvalue weighted by Crippen LogP contribution is -2.47. The van der Waals surface area contributed by atoms with Crippen molar-refractivity contribution in [3.8, 4) is 0 Å². The number of aryl methyl sites for hydroxylation is 1. The van der Waals surface area contributed by atoms with Crippen LogP contribution in [0.1, 0.15) is 53.5 Å². The van der Waals surface area contributed by atoms with E-state index in [1.807, 2.05) is 72.5 Å². The van der Waals surface area contributed by atoms with Gasteiger partial charge in [-0.25, -0.2) is 0 Å². The third kappa shape index (κ3) is 4.75. The molecule has 0 spiro atoms. The standard InChI is InChI=1S/C33H36N4O3/c1-21(2)20-29(32(38)35-23-12-14-24(15-13-23)36-16-18-40-19-17-36)37-31(25-8-4-5-9-26(25)33(37)39)30-22(3)34-28-11-7-6-10-27(28)30/h4-15,21,29,31,34H,16-20H2,1-3H3,(H,35,38). The van der Waals surface area contributed by atoms with Crippen LogP contribution < -0.4 is 10.2 Å². The number of amides is 2. The van der Waals surface area contributed by atoms with Crippen molar-refractivity contribution in [1.29, 1.82) is 0 Å². The number of carbonyl (C=O) groups is 2. The maximum Gasteiger partial charge on any atom is 0.255 e. The summed E-state index contributed by atoms with van der Waals surface area (Å²) in [6, 6.07) is 22.9. The SMILES string of the molecule is Cc1[nH]c2ccccc2c1C1c2ccccc2C(=O)N1C(CC(C)C)C(=O)Nc1ccc(N2CCOCC2)cc1. The van der Waals surface area contributed by atoms with E-state index in [0.29, 0.717) is 12.0 Å². The van der Waals surface area contributed by atoms with Gasteiger partial charge in [0.1, 0.15) is 6.04 Å². The van der Waals surface area contributed by atoms with E-state index in [1.165, 1.54) is 0 Å². The minimum absolute atomic E-state index is 0.103. The summed E-state index contributed by atoms with van der Waals surface area (Å²) >= 11 is 0. The molecule has 2 N–H and O–H groups in total. The van der Waals surface area contributed by atoms with Gasteiger partial charge in [-0.05, 0) is 61.2 Å². The molecule has 0 radical (unpaired) electrons. The predicted molar refractivity (Wildman–Crippen MR) is 159 cm³/mol. The maximum absolute atomic E-state index is 14.1. The summed E-state index contributed by atoms with van der Waals surface area (Å²) < 4.78 is 5.47. The molecule has 6 rings (SSSR count). The number of aromatic nitrogens is 1. The molecule has 0 aliphatic carbocycles. The molecule has 2 unspecified atom stereocenters. The van der Waals surface area contributed by atoms with Crippen LogP contribution in [0.15, 0.2) is 72.8 Å². The van der Waals surface area contributed by atoms with Gasteiger partial charge in [-0.15, -0.1) is 0 Å². The molecule has 0 saturated carbocycles. The highest BCUT2D eigenvalue weighted by molar-refractivity contribution is 6.05. The van der Waals surface area contributed by atoms with Crippen molar-refractivity contribution in [3.05, 3.63) is 95.2 Å². The molecule has 1 aromatic heterocycles. The van der Waals surface area contributed by atoms with Crippen molar-refractivity contribution in [3.63, 3.8) is 0 Å². The van der Waals surface area contributed by atoms with Crippen LogP contribution in [0.2, 0.25) is 0 Å². The van der Waals surface area contributed by atoms with Gasteiger partial charge in [-0.1, -0.05) is 50.2 Å². The number of nitrogens with one attached hydrogen (secondary N) is 2. The number of morpholine rings is 1. The summed E-state index contributed by atoms with van der Waals surface area (Å²) in [5.41, 5.74) is 6.51. The van der Waals surface area contributed by atoms with Crippen LogP contribution in [0.3, 0.4) is 0 Å². The number of fused-ring (bicyclic) bond motifs is 2. The lowest BCUT2D eigenvalue weighted by atomic mass is 9.93. The Hall–Kier alpha value is -4.10. The molecule has 206 valence electrons. The van der Waals surface area contributed by atoms with Crippen LogP contribution >= 0.6 is 0 Å². The summed E-state index contributed by atoms with van der Waals surface area (Å²) in [5.74, 6) is -0.0640. The fourth-order valence-corrected chi connectivity index (χ4v) is 6.20. The number of nitrogens with zero attached hydrogens (tertiary/aromatic N) is 2. The molecule has 2 amide bonds. The number of hydrogen-bond donors (Lipinski definition) is 2.